The molecule has 0 aliphatic carbocycles. The summed E-state index contributed by atoms with van der Waals surface area (Å²) in [4.78, 5) is 10.2. The quantitative estimate of drug-likeness (QED) is 0.731. The van der Waals surface area contributed by atoms with Crippen molar-refractivity contribution < 1.29 is 14.3 Å². The molecule has 0 aliphatic heterocycles. The molecule has 0 saturated carbocycles. The molecule has 0 atom stereocenters. The lowest BCUT2D eigenvalue weighted by molar-refractivity contribution is 0.0692. The molecule has 0 heterocycles. The van der Waals surface area contributed by atoms with Gasteiger partial charge in [0.25, 0.3) is 0 Å². The highest BCUT2D eigenvalue weighted by Crippen LogP contribution is 2.17. The summed E-state index contributed by atoms with van der Waals surface area (Å²) in [5, 5.41) is 8.33. The molecule has 2 nitrogen and oxygen atoms in total. The lowest BCUT2D eigenvalue weighted by Crippen LogP contribution is -1.98. The van der Waals surface area contributed by atoms with Crippen LogP contribution in [0.2, 0.25) is 0 Å². The van der Waals surface area contributed by atoms with Crippen LogP contribution < -0.4 is 0 Å². The number of halogens is 1. The topological polar surface area (TPSA) is 37.3 Å². The third-order valence-corrected chi connectivity index (χ3v) is 2.99. The third-order valence-electron chi connectivity index (χ3n) is 2.99. The first-order valence-electron chi connectivity index (χ1n) is 6.77. The van der Waals surface area contributed by atoms with Crippen molar-refractivity contribution in [2.75, 3.05) is 0 Å². The number of carbonyl (C=O) groups is 1. The van der Waals surface area contributed by atoms with Gasteiger partial charge in [-0.1, -0.05) is 72.8 Å². The lowest BCUT2D eigenvalue weighted by atomic mass is 10.1. The Kier molecular flexibility index (Phi) is 5.44. The third kappa shape index (κ3) is 4.28. The molecular weight excluding hydrogens is 279 g/mol. The van der Waals surface area contributed by atoms with Crippen LogP contribution >= 0.6 is 0 Å². The Morgan fingerprint density at radius 1 is 0.682 bits per heavy atom. The zero-order valence-electron chi connectivity index (χ0n) is 11.8. The van der Waals surface area contributed by atoms with Crippen LogP contribution in [0, 0.1) is 5.82 Å². The van der Waals surface area contributed by atoms with E-state index in [0.717, 1.165) is 6.07 Å². The molecule has 1 N–H and O–H groups in total. The van der Waals surface area contributed by atoms with E-state index in [4.69, 9.17) is 5.11 Å². The molecular formula is C19H15FO2. The Bertz CT molecular complexity index is 687. The molecule has 0 aliphatic rings. The number of carboxylic acids is 1. The second-order valence-electron chi connectivity index (χ2n) is 4.52. The Hall–Kier alpha value is -2.94. The number of benzene rings is 3. The fourth-order valence-electron chi connectivity index (χ4n) is 1.90. The summed E-state index contributed by atoms with van der Waals surface area (Å²) in [5.41, 5.74) is 2.26. The minimum absolute atomic E-state index is 0.289. The van der Waals surface area contributed by atoms with E-state index in [-0.39, 0.29) is 5.56 Å². The maximum Gasteiger partial charge on any atom is 0.338 e. The molecule has 0 saturated heterocycles. The van der Waals surface area contributed by atoms with Crippen molar-refractivity contribution >= 4 is 5.97 Å². The van der Waals surface area contributed by atoms with Gasteiger partial charge in [0, 0.05) is 0 Å². The Morgan fingerprint density at radius 2 is 1.09 bits per heavy atom. The largest absolute Gasteiger partial charge is 0.478 e. The van der Waals surface area contributed by atoms with Crippen LogP contribution in [0.4, 0.5) is 4.39 Å². The normalized spacial score (nSPS) is 9.50. The highest BCUT2D eigenvalue weighted by Gasteiger charge is 2.06. The molecule has 3 aromatic carbocycles. The first-order chi connectivity index (χ1) is 10.7. The van der Waals surface area contributed by atoms with Crippen molar-refractivity contribution in [3.8, 4) is 11.1 Å². The molecule has 3 heteroatoms. The summed E-state index contributed by atoms with van der Waals surface area (Å²) in [5.74, 6) is -1.94. The van der Waals surface area contributed by atoms with Crippen molar-refractivity contribution in [3.63, 3.8) is 0 Å². The standard InChI is InChI=1S/C12H10.C7H5FO2/c1-3-7-11(8-4-1)12-9-5-2-6-10-12;8-6-4-2-1-3-5(6)7(9)10/h1-10H;1-4H,(H,9,10). The van der Waals surface area contributed by atoms with Crippen molar-refractivity contribution in [1.82, 2.24) is 0 Å². The number of hydrogen-bond acceptors (Lipinski definition) is 1. The second kappa shape index (κ2) is 7.74. The molecule has 3 rings (SSSR count). The lowest BCUT2D eigenvalue weighted by Gasteiger charge is -1.98. The average molecular weight is 294 g/mol. The van der Waals surface area contributed by atoms with Crippen LogP contribution in [0.5, 0.6) is 0 Å². The summed E-state index contributed by atoms with van der Waals surface area (Å²) in [6.45, 7) is 0. The zero-order valence-corrected chi connectivity index (χ0v) is 11.8. The van der Waals surface area contributed by atoms with E-state index in [2.05, 4.69) is 48.5 Å². The number of carboxylic acid groups (broad SMARTS) is 1. The van der Waals surface area contributed by atoms with Crippen molar-refractivity contribution in [1.29, 1.82) is 0 Å². The Balaban J connectivity index is 0.000000164. The highest BCUT2D eigenvalue weighted by atomic mass is 19.1. The fraction of sp³-hybridized carbons (Fsp3) is 0. The van der Waals surface area contributed by atoms with Gasteiger partial charge in [-0.2, -0.15) is 0 Å². The summed E-state index contributed by atoms with van der Waals surface area (Å²) in [6.07, 6.45) is 0. The average Bonchev–Trinajstić information content (AvgIpc) is 2.57. The van der Waals surface area contributed by atoms with E-state index in [0.29, 0.717) is 0 Å². The van der Waals surface area contributed by atoms with Crippen LogP contribution in [0.1, 0.15) is 10.4 Å². The summed E-state index contributed by atoms with van der Waals surface area (Å²) < 4.78 is 12.5. The van der Waals surface area contributed by atoms with Crippen LogP contribution in [0.25, 0.3) is 11.1 Å². The fourth-order valence-corrected chi connectivity index (χ4v) is 1.90. The zero-order chi connectivity index (χ0) is 15.8. The number of aromatic carboxylic acids is 1. The van der Waals surface area contributed by atoms with Gasteiger partial charge in [-0.05, 0) is 23.3 Å². The van der Waals surface area contributed by atoms with E-state index < -0.39 is 11.8 Å². The molecule has 0 unspecified atom stereocenters. The maximum absolute atomic E-state index is 12.5. The summed E-state index contributed by atoms with van der Waals surface area (Å²) >= 11 is 0. The molecule has 22 heavy (non-hydrogen) atoms. The van der Waals surface area contributed by atoms with Crippen LogP contribution in [0.3, 0.4) is 0 Å². The smallest absolute Gasteiger partial charge is 0.338 e. The van der Waals surface area contributed by atoms with E-state index in [1.807, 2.05) is 12.1 Å². The molecule has 3 aromatic rings. The molecule has 0 spiro atoms. The van der Waals surface area contributed by atoms with Crippen molar-refractivity contribution in [3.05, 3.63) is 96.3 Å². The van der Waals surface area contributed by atoms with Gasteiger partial charge in [-0.25, -0.2) is 9.18 Å². The number of hydrogen-bond donors (Lipinski definition) is 1. The predicted octanol–water partition coefficient (Wildman–Crippen LogP) is 4.88. The van der Waals surface area contributed by atoms with Gasteiger partial charge in [0.15, 0.2) is 0 Å². The van der Waals surface area contributed by atoms with Gasteiger partial charge in [0.05, 0.1) is 5.56 Å². The molecule has 0 amide bonds. The first kappa shape index (κ1) is 15.4. The van der Waals surface area contributed by atoms with E-state index in [9.17, 15) is 9.18 Å². The second-order valence-corrected chi connectivity index (χ2v) is 4.52. The molecule has 0 fully saturated rings. The van der Waals surface area contributed by atoms with Crippen molar-refractivity contribution in [2.24, 2.45) is 0 Å². The van der Waals surface area contributed by atoms with Gasteiger partial charge < -0.3 is 5.11 Å². The van der Waals surface area contributed by atoms with Gasteiger partial charge in [-0.15, -0.1) is 0 Å². The first-order valence-corrected chi connectivity index (χ1v) is 6.77. The Labute approximate surface area is 128 Å². The molecule has 0 radical (unpaired) electrons. The van der Waals surface area contributed by atoms with Crippen LogP contribution in [-0.4, -0.2) is 11.1 Å². The number of rotatable bonds is 2. The van der Waals surface area contributed by atoms with E-state index in [1.54, 1.807) is 0 Å². The minimum Gasteiger partial charge on any atom is -0.478 e. The molecule has 0 bridgehead atoms. The van der Waals surface area contributed by atoms with Gasteiger partial charge in [0.1, 0.15) is 5.82 Å². The predicted molar refractivity (Wildman–Crippen MR) is 85.2 cm³/mol. The molecule has 0 aromatic heterocycles. The van der Waals surface area contributed by atoms with Gasteiger partial charge >= 0.3 is 5.97 Å². The molecule has 110 valence electrons. The monoisotopic (exact) mass is 294 g/mol. The summed E-state index contributed by atoms with van der Waals surface area (Å²) in [6, 6.07) is 26.0. The van der Waals surface area contributed by atoms with Gasteiger partial charge in [-0.3, -0.25) is 0 Å². The van der Waals surface area contributed by atoms with Crippen LogP contribution in [0.15, 0.2) is 84.9 Å². The van der Waals surface area contributed by atoms with E-state index in [1.165, 1.54) is 29.3 Å². The minimum atomic E-state index is -1.24. The summed E-state index contributed by atoms with van der Waals surface area (Å²) in [7, 11) is 0. The Morgan fingerprint density at radius 3 is 1.45 bits per heavy atom. The van der Waals surface area contributed by atoms with Crippen LogP contribution in [-0.2, 0) is 0 Å². The van der Waals surface area contributed by atoms with Gasteiger partial charge in [0.2, 0.25) is 0 Å². The SMILES string of the molecule is O=C(O)c1ccccc1F.c1ccc(-c2ccccc2)cc1. The maximum atomic E-state index is 12.5. The highest BCUT2D eigenvalue weighted by molar-refractivity contribution is 5.87. The van der Waals surface area contributed by atoms with Crippen molar-refractivity contribution in [2.45, 2.75) is 0 Å². The van der Waals surface area contributed by atoms with E-state index >= 15 is 0 Å².